The van der Waals surface area contributed by atoms with E-state index < -0.39 is 0 Å². The summed E-state index contributed by atoms with van der Waals surface area (Å²) in [4.78, 5) is 19.7. The maximum Gasteiger partial charge on any atom is 0.229 e. The molecule has 2 N–H and O–H groups in total. The average Bonchev–Trinajstić information content (AvgIpc) is 3.59. The highest BCUT2D eigenvalue weighted by molar-refractivity contribution is 6.34. The van der Waals surface area contributed by atoms with Crippen molar-refractivity contribution in [2.75, 3.05) is 25.0 Å². The summed E-state index contributed by atoms with van der Waals surface area (Å²) in [6.07, 6.45) is 5.91. The summed E-state index contributed by atoms with van der Waals surface area (Å²) in [6.45, 7) is 7.65. The molecule has 0 amide bonds. The fourth-order valence-electron chi connectivity index (χ4n) is 5.64. The number of aromatic amines is 1. The fraction of sp³-hybridized carbons (Fsp3) is 0.276. The summed E-state index contributed by atoms with van der Waals surface area (Å²) in [5, 5.41) is 13.4. The number of aromatic nitrogens is 7. The summed E-state index contributed by atoms with van der Waals surface area (Å²) in [7, 11) is 0. The highest BCUT2D eigenvalue weighted by Gasteiger charge is 2.20. The Morgan fingerprint density at radius 1 is 1.03 bits per heavy atom. The van der Waals surface area contributed by atoms with Crippen LogP contribution in [0.1, 0.15) is 37.1 Å². The molecule has 5 heterocycles. The van der Waals surface area contributed by atoms with Gasteiger partial charge in [0.25, 0.3) is 0 Å². The van der Waals surface area contributed by atoms with Gasteiger partial charge in [0.2, 0.25) is 5.95 Å². The van der Waals surface area contributed by atoms with Gasteiger partial charge in [-0.3, -0.25) is 4.40 Å². The monoisotopic (exact) mass is 537 g/mol. The van der Waals surface area contributed by atoms with Crippen molar-refractivity contribution >= 4 is 51.0 Å². The number of imidazole rings is 1. The smallest absolute Gasteiger partial charge is 0.229 e. The SMILES string of the molecule is CCN1CCC(c2ccc(Nc3ncc4cc(-c5cc6nc(C)[nH]c6cc5Cl)c5nncn5c4n3)cc2)CC1. The highest BCUT2D eigenvalue weighted by atomic mass is 35.5. The zero-order chi connectivity index (χ0) is 26.5. The van der Waals surface area contributed by atoms with Crippen molar-refractivity contribution < 1.29 is 0 Å². The Hall–Kier alpha value is -4.08. The number of rotatable bonds is 5. The highest BCUT2D eigenvalue weighted by Crippen LogP contribution is 2.35. The first-order valence-corrected chi connectivity index (χ1v) is 13.7. The standard InChI is InChI=1S/C29H28ClN9/c1-3-38-10-8-19(9-11-38)18-4-6-21(7-5-18)35-29-31-15-20-12-23(28-37-32-16-39(28)27(20)36-29)22-13-25-26(14-24(22)30)34-17(2)33-25/h4-7,12-16,19H,3,8-11H2,1-2H3,(H,33,34)(H,31,35,36). The molecule has 1 aliphatic rings. The lowest BCUT2D eigenvalue weighted by Crippen LogP contribution is -2.32. The molecule has 0 saturated carbocycles. The summed E-state index contributed by atoms with van der Waals surface area (Å²) in [6, 6.07) is 14.6. The van der Waals surface area contributed by atoms with E-state index in [0.717, 1.165) is 45.6 Å². The van der Waals surface area contributed by atoms with Crippen molar-refractivity contribution in [3.05, 3.63) is 71.4 Å². The third-order valence-electron chi connectivity index (χ3n) is 7.76. The van der Waals surface area contributed by atoms with E-state index >= 15 is 0 Å². The van der Waals surface area contributed by atoms with E-state index in [1.54, 1.807) is 6.33 Å². The molecular formula is C29H28ClN9. The first kappa shape index (κ1) is 24.0. The molecule has 9 nitrogen and oxygen atoms in total. The third-order valence-corrected chi connectivity index (χ3v) is 8.08. The second-order valence-electron chi connectivity index (χ2n) is 10.2. The van der Waals surface area contributed by atoms with Gasteiger partial charge in [0.1, 0.15) is 12.2 Å². The summed E-state index contributed by atoms with van der Waals surface area (Å²) < 4.78 is 1.87. The summed E-state index contributed by atoms with van der Waals surface area (Å²) in [5.74, 6) is 1.98. The number of nitrogens with one attached hydrogen (secondary N) is 2. The molecule has 1 saturated heterocycles. The number of fused-ring (bicyclic) bond motifs is 4. The molecular weight excluding hydrogens is 510 g/mol. The molecule has 2 aromatic carbocycles. The van der Waals surface area contributed by atoms with E-state index in [1.807, 2.05) is 35.7 Å². The Kier molecular flexibility index (Phi) is 5.90. The Labute approximate surface area is 230 Å². The van der Waals surface area contributed by atoms with Crippen molar-refractivity contribution in [1.82, 2.24) is 39.4 Å². The number of benzene rings is 2. The van der Waals surface area contributed by atoms with Gasteiger partial charge in [-0.25, -0.2) is 9.97 Å². The second kappa shape index (κ2) is 9.59. The van der Waals surface area contributed by atoms with E-state index in [2.05, 4.69) is 66.6 Å². The van der Waals surface area contributed by atoms with Crippen molar-refractivity contribution in [1.29, 1.82) is 0 Å². The Bertz CT molecular complexity index is 1810. The quantitative estimate of drug-likeness (QED) is 0.273. The molecule has 4 aromatic heterocycles. The van der Waals surface area contributed by atoms with Gasteiger partial charge in [0.05, 0.1) is 16.1 Å². The van der Waals surface area contributed by atoms with Gasteiger partial charge < -0.3 is 15.2 Å². The van der Waals surface area contributed by atoms with Crippen LogP contribution in [0.25, 0.3) is 38.8 Å². The zero-order valence-electron chi connectivity index (χ0n) is 21.8. The summed E-state index contributed by atoms with van der Waals surface area (Å²) in [5.41, 5.74) is 7.15. The van der Waals surface area contributed by atoms with Gasteiger partial charge >= 0.3 is 0 Å². The molecule has 0 atom stereocenters. The topological polar surface area (TPSA) is 99.9 Å². The van der Waals surface area contributed by atoms with E-state index in [-0.39, 0.29) is 0 Å². The van der Waals surface area contributed by atoms with Gasteiger partial charge in [-0.1, -0.05) is 30.7 Å². The van der Waals surface area contributed by atoms with Crippen molar-refractivity contribution in [3.63, 3.8) is 0 Å². The van der Waals surface area contributed by atoms with Crippen LogP contribution in [0.15, 0.2) is 55.0 Å². The Morgan fingerprint density at radius 3 is 2.64 bits per heavy atom. The molecule has 6 aromatic rings. The van der Waals surface area contributed by atoms with Crippen LogP contribution < -0.4 is 5.32 Å². The number of hydrogen-bond acceptors (Lipinski definition) is 7. The van der Waals surface area contributed by atoms with E-state index in [9.17, 15) is 0 Å². The number of H-pyrrole nitrogens is 1. The lowest BCUT2D eigenvalue weighted by atomic mass is 9.89. The molecule has 39 heavy (non-hydrogen) atoms. The maximum absolute atomic E-state index is 6.71. The molecule has 0 spiro atoms. The lowest BCUT2D eigenvalue weighted by molar-refractivity contribution is 0.222. The van der Waals surface area contributed by atoms with Crippen LogP contribution in [0.4, 0.5) is 11.6 Å². The number of piperidine rings is 1. The number of anilines is 2. The third kappa shape index (κ3) is 4.37. The minimum absolute atomic E-state index is 0.515. The van der Waals surface area contributed by atoms with Gasteiger partial charge in [0.15, 0.2) is 11.3 Å². The van der Waals surface area contributed by atoms with E-state index in [1.165, 1.54) is 31.5 Å². The van der Waals surface area contributed by atoms with Crippen molar-refractivity contribution in [2.45, 2.75) is 32.6 Å². The fourth-order valence-corrected chi connectivity index (χ4v) is 5.91. The first-order valence-electron chi connectivity index (χ1n) is 13.3. The van der Waals surface area contributed by atoms with Crippen LogP contribution in [0, 0.1) is 6.92 Å². The molecule has 0 unspecified atom stereocenters. The Balaban J connectivity index is 1.19. The minimum Gasteiger partial charge on any atom is -0.342 e. The Morgan fingerprint density at radius 2 is 1.85 bits per heavy atom. The van der Waals surface area contributed by atoms with Gasteiger partial charge in [-0.2, -0.15) is 4.98 Å². The summed E-state index contributed by atoms with van der Waals surface area (Å²) >= 11 is 6.71. The molecule has 7 rings (SSSR count). The second-order valence-corrected chi connectivity index (χ2v) is 10.6. The largest absolute Gasteiger partial charge is 0.342 e. The van der Waals surface area contributed by atoms with E-state index in [4.69, 9.17) is 16.6 Å². The van der Waals surface area contributed by atoms with Gasteiger partial charge in [0, 0.05) is 28.4 Å². The normalized spacial score (nSPS) is 15.1. The molecule has 0 radical (unpaired) electrons. The molecule has 0 aliphatic carbocycles. The molecule has 10 heteroatoms. The van der Waals surface area contributed by atoms with Crippen LogP contribution in [-0.2, 0) is 0 Å². The molecule has 0 bridgehead atoms. The van der Waals surface area contributed by atoms with Crippen molar-refractivity contribution in [2.24, 2.45) is 0 Å². The number of pyridine rings is 1. The van der Waals surface area contributed by atoms with Gasteiger partial charge in [-0.15, -0.1) is 10.2 Å². The lowest BCUT2D eigenvalue weighted by Gasteiger charge is -2.31. The number of nitrogens with zero attached hydrogens (tertiary/aromatic N) is 7. The number of halogens is 1. The van der Waals surface area contributed by atoms with Crippen LogP contribution in [0.5, 0.6) is 0 Å². The molecule has 196 valence electrons. The van der Waals surface area contributed by atoms with Crippen LogP contribution in [-0.4, -0.2) is 59.1 Å². The number of likely N-dealkylation sites (tertiary alicyclic amines) is 1. The molecule has 1 fully saturated rings. The molecule has 1 aliphatic heterocycles. The van der Waals surface area contributed by atoms with Crippen LogP contribution >= 0.6 is 11.6 Å². The maximum atomic E-state index is 6.71. The predicted octanol–water partition coefficient (Wildman–Crippen LogP) is 6.12. The van der Waals surface area contributed by atoms with E-state index in [0.29, 0.717) is 28.2 Å². The number of hydrogen-bond donors (Lipinski definition) is 2. The van der Waals surface area contributed by atoms with Crippen molar-refractivity contribution in [3.8, 4) is 11.1 Å². The number of aryl methyl sites for hydroxylation is 1. The predicted molar refractivity (Wildman–Crippen MR) is 155 cm³/mol. The average molecular weight is 538 g/mol. The minimum atomic E-state index is 0.515. The first-order chi connectivity index (χ1) is 19.1. The van der Waals surface area contributed by atoms with Crippen LogP contribution in [0.3, 0.4) is 0 Å². The van der Waals surface area contributed by atoms with Gasteiger partial charge in [-0.05, 0) is 81.2 Å². The zero-order valence-corrected chi connectivity index (χ0v) is 22.6. The van der Waals surface area contributed by atoms with Crippen LogP contribution in [0.2, 0.25) is 5.02 Å².